The maximum Gasteiger partial charge on any atom is 0.222 e. The highest BCUT2D eigenvalue weighted by molar-refractivity contribution is 5.76. The zero-order valence-electron chi connectivity index (χ0n) is 14.7. The molecule has 2 fully saturated rings. The maximum atomic E-state index is 12.3. The van der Waals surface area contributed by atoms with Crippen molar-refractivity contribution in [1.29, 1.82) is 0 Å². The third-order valence-corrected chi connectivity index (χ3v) is 5.78. The molecule has 2 aliphatic heterocycles. The van der Waals surface area contributed by atoms with Gasteiger partial charge in [-0.1, -0.05) is 18.9 Å². The number of fused-ring (bicyclic) bond motifs is 1. The summed E-state index contributed by atoms with van der Waals surface area (Å²) in [5.41, 5.74) is 1.27. The summed E-state index contributed by atoms with van der Waals surface area (Å²) >= 11 is 0. The lowest BCUT2D eigenvalue weighted by atomic mass is 9.78. The van der Waals surface area contributed by atoms with Gasteiger partial charge in [0.25, 0.3) is 0 Å². The highest BCUT2D eigenvalue weighted by Crippen LogP contribution is 2.43. The lowest BCUT2D eigenvalue weighted by molar-refractivity contribution is -0.123. The van der Waals surface area contributed by atoms with E-state index in [0.717, 1.165) is 43.8 Å². The quantitative estimate of drug-likeness (QED) is 0.891. The van der Waals surface area contributed by atoms with E-state index < -0.39 is 0 Å². The molecule has 5 nitrogen and oxygen atoms in total. The summed E-state index contributed by atoms with van der Waals surface area (Å²) in [6.45, 7) is 2.69. The molecule has 0 spiro atoms. The lowest BCUT2D eigenvalue weighted by Crippen LogP contribution is -2.40. The van der Waals surface area contributed by atoms with Gasteiger partial charge in [0.15, 0.2) is 11.5 Å². The van der Waals surface area contributed by atoms with Crippen LogP contribution in [0, 0.1) is 0 Å². The number of rotatable bonds is 5. The fourth-order valence-corrected chi connectivity index (χ4v) is 4.34. The van der Waals surface area contributed by atoms with E-state index in [1.807, 2.05) is 6.07 Å². The van der Waals surface area contributed by atoms with E-state index in [-0.39, 0.29) is 17.4 Å². The molecule has 1 atom stereocenters. The van der Waals surface area contributed by atoms with Crippen LogP contribution in [0.25, 0.3) is 0 Å². The van der Waals surface area contributed by atoms with Crippen LogP contribution in [0.5, 0.6) is 11.5 Å². The Labute approximate surface area is 149 Å². The first-order valence-electron chi connectivity index (χ1n) is 9.54. The Morgan fingerprint density at radius 1 is 1.08 bits per heavy atom. The van der Waals surface area contributed by atoms with E-state index in [2.05, 4.69) is 17.4 Å². The number of carbonyl (C=O) groups is 1. The van der Waals surface area contributed by atoms with Crippen molar-refractivity contribution in [2.24, 2.45) is 0 Å². The lowest BCUT2D eigenvalue weighted by Gasteiger charge is -2.31. The largest absolute Gasteiger partial charge is 0.486 e. The van der Waals surface area contributed by atoms with Gasteiger partial charge in [0.05, 0.1) is 12.5 Å². The first kappa shape index (κ1) is 16.7. The maximum absolute atomic E-state index is 12.3. The number of nitrogens with one attached hydrogen (secondary N) is 1. The van der Waals surface area contributed by atoms with E-state index >= 15 is 0 Å². The Balaban J connectivity index is 1.45. The van der Waals surface area contributed by atoms with E-state index in [0.29, 0.717) is 26.2 Å². The number of amides is 1. The fourth-order valence-electron chi connectivity index (χ4n) is 4.34. The van der Waals surface area contributed by atoms with Crippen molar-refractivity contribution in [2.45, 2.75) is 56.5 Å². The van der Waals surface area contributed by atoms with E-state index in [4.69, 9.17) is 14.2 Å². The smallest absolute Gasteiger partial charge is 0.222 e. The van der Waals surface area contributed by atoms with E-state index in [9.17, 15) is 4.79 Å². The Morgan fingerprint density at radius 3 is 2.64 bits per heavy atom. The van der Waals surface area contributed by atoms with Crippen molar-refractivity contribution in [3.63, 3.8) is 0 Å². The number of hydrogen-bond acceptors (Lipinski definition) is 4. The summed E-state index contributed by atoms with van der Waals surface area (Å²) in [5, 5.41) is 3.18. The molecule has 1 amide bonds. The second kappa shape index (κ2) is 7.24. The molecule has 1 aromatic rings. The van der Waals surface area contributed by atoms with Crippen molar-refractivity contribution >= 4 is 5.91 Å². The summed E-state index contributed by atoms with van der Waals surface area (Å²) in [5.74, 6) is 1.77. The molecule has 136 valence electrons. The molecule has 1 N–H and O–H groups in total. The van der Waals surface area contributed by atoms with Gasteiger partial charge >= 0.3 is 0 Å². The third-order valence-electron chi connectivity index (χ3n) is 5.78. The summed E-state index contributed by atoms with van der Waals surface area (Å²) in [7, 11) is 0. The summed E-state index contributed by atoms with van der Waals surface area (Å²) < 4.78 is 17.0. The van der Waals surface area contributed by atoms with Gasteiger partial charge < -0.3 is 19.5 Å². The van der Waals surface area contributed by atoms with Crippen LogP contribution in [0.3, 0.4) is 0 Å². The molecule has 1 saturated carbocycles. The van der Waals surface area contributed by atoms with Gasteiger partial charge in [-0.25, -0.2) is 0 Å². The molecule has 0 bridgehead atoms. The van der Waals surface area contributed by atoms with Crippen LogP contribution >= 0.6 is 0 Å². The van der Waals surface area contributed by atoms with Gasteiger partial charge in [-0.2, -0.15) is 0 Å². The summed E-state index contributed by atoms with van der Waals surface area (Å²) in [6.07, 6.45) is 7.27. The first-order chi connectivity index (χ1) is 12.3. The molecule has 25 heavy (non-hydrogen) atoms. The van der Waals surface area contributed by atoms with Crippen LogP contribution in [-0.4, -0.2) is 38.4 Å². The Bertz CT molecular complexity index is 618. The molecule has 3 aliphatic rings. The van der Waals surface area contributed by atoms with Gasteiger partial charge in [0.2, 0.25) is 5.91 Å². The normalized spacial score (nSPS) is 24.2. The van der Waals surface area contributed by atoms with Crippen molar-refractivity contribution in [2.75, 3.05) is 26.4 Å². The highest BCUT2D eigenvalue weighted by atomic mass is 16.6. The number of ether oxygens (including phenoxy) is 3. The van der Waals surface area contributed by atoms with Gasteiger partial charge in [-0.15, -0.1) is 0 Å². The zero-order chi connectivity index (χ0) is 17.1. The van der Waals surface area contributed by atoms with Crippen LogP contribution in [-0.2, 0) is 14.9 Å². The molecule has 1 aliphatic carbocycles. The van der Waals surface area contributed by atoms with Crippen molar-refractivity contribution in [3.05, 3.63) is 23.8 Å². The second-order valence-electron chi connectivity index (χ2n) is 7.46. The Morgan fingerprint density at radius 2 is 1.88 bits per heavy atom. The predicted molar refractivity (Wildman–Crippen MR) is 94.2 cm³/mol. The van der Waals surface area contributed by atoms with E-state index in [1.165, 1.54) is 18.4 Å². The molecule has 5 heteroatoms. The molecular formula is C20H27NO4. The minimum absolute atomic E-state index is 0.0159. The SMILES string of the molecule is O=C(CC1CCCO1)NCC1(c2ccc3c(c2)OCCO3)CCCC1. The monoisotopic (exact) mass is 345 g/mol. The standard InChI is InChI=1S/C20H27NO4/c22-19(13-16-4-3-9-23-16)21-14-20(7-1-2-8-20)15-5-6-17-18(12-15)25-11-10-24-17/h5-6,12,16H,1-4,7-11,13-14H2,(H,21,22). The first-order valence-corrected chi connectivity index (χ1v) is 9.54. The molecule has 1 aromatic carbocycles. The summed E-state index contributed by atoms with van der Waals surface area (Å²) in [4.78, 5) is 12.3. The van der Waals surface area contributed by atoms with Gasteiger partial charge in [0.1, 0.15) is 13.2 Å². The molecule has 0 aromatic heterocycles. The molecule has 2 heterocycles. The predicted octanol–water partition coefficient (Wildman–Crippen LogP) is 2.95. The average molecular weight is 345 g/mol. The van der Waals surface area contributed by atoms with Crippen LogP contribution < -0.4 is 14.8 Å². The number of benzene rings is 1. The zero-order valence-corrected chi connectivity index (χ0v) is 14.7. The molecule has 0 radical (unpaired) electrons. The minimum Gasteiger partial charge on any atom is -0.486 e. The van der Waals surface area contributed by atoms with Gasteiger partial charge in [-0.3, -0.25) is 4.79 Å². The van der Waals surface area contributed by atoms with Crippen LogP contribution in [0.4, 0.5) is 0 Å². The molecule has 1 saturated heterocycles. The molecule has 4 rings (SSSR count). The minimum atomic E-state index is 0.0159. The van der Waals surface area contributed by atoms with Gasteiger partial charge in [0, 0.05) is 18.6 Å². The van der Waals surface area contributed by atoms with Crippen molar-refractivity contribution in [3.8, 4) is 11.5 Å². The van der Waals surface area contributed by atoms with E-state index in [1.54, 1.807) is 0 Å². The summed E-state index contributed by atoms with van der Waals surface area (Å²) in [6, 6.07) is 6.27. The van der Waals surface area contributed by atoms with Crippen LogP contribution in [0.1, 0.15) is 50.5 Å². The average Bonchev–Trinajstić information content (AvgIpc) is 3.32. The molecular weight excluding hydrogens is 318 g/mol. The third kappa shape index (κ3) is 3.61. The topological polar surface area (TPSA) is 56.8 Å². The Kier molecular flexibility index (Phi) is 4.84. The number of carbonyl (C=O) groups excluding carboxylic acids is 1. The van der Waals surface area contributed by atoms with Crippen molar-refractivity contribution < 1.29 is 19.0 Å². The fraction of sp³-hybridized carbons (Fsp3) is 0.650. The molecule has 1 unspecified atom stereocenters. The second-order valence-corrected chi connectivity index (χ2v) is 7.46. The number of hydrogen-bond donors (Lipinski definition) is 1. The van der Waals surface area contributed by atoms with Crippen LogP contribution in [0.15, 0.2) is 18.2 Å². The Hall–Kier alpha value is -1.75. The van der Waals surface area contributed by atoms with Gasteiger partial charge in [-0.05, 0) is 43.4 Å². The van der Waals surface area contributed by atoms with Crippen molar-refractivity contribution in [1.82, 2.24) is 5.32 Å². The highest BCUT2D eigenvalue weighted by Gasteiger charge is 2.37. The van der Waals surface area contributed by atoms with Crippen LogP contribution in [0.2, 0.25) is 0 Å².